The van der Waals surface area contributed by atoms with Gasteiger partial charge in [0.05, 0.1) is 5.56 Å². The molecule has 0 aliphatic rings. The van der Waals surface area contributed by atoms with Gasteiger partial charge in [0.1, 0.15) is 0 Å². The molecule has 6 heteroatoms. The summed E-state index contributed by atoms with van der Waals surface area (Å²) in [6, 6.07) is 10.7. The number of anilines is 2. The number of rotatable bonds is 5. The Balaban J connectivity index is 1.93. The molecule has 132 valence electrons. The highest BCUT2D eigenvalue weighted by molar-refractivity contribution is 9.10. The minimum Gasteiger partial charge on any atom is -0.452 e. The first-order valence-corrected chi connectivity index (χ1v) is 8.59. The van der Waals surface area contributed by atoms with Crippen LogP contribution in [-0.4, -0.2) is 32.6 Å². The van der Waals surface area contributed by atoms with Gasteiger partial charge >= 0.3 is 5.97 Å². The van der Waals surface area contributed by atoms with Crippen molar-refractivity contribution in [1.29, 1.82) is 0 Å². The lowest BCUT2D eigenvalue weighted by Crippen LogP contribution is -2.21. The average Bonchev–Trinajstić information content (AvgIpc) is 2.60. The lowest BCUT2D eigenvalue weighted by Gasteiger charge is -2.13. The highest BCUT2D eigenvalue weighted by Crippen LogP contribution is 2.25. The molecule has 0 aliphatic carbocycles. The minimum atomic E-state index is -0.524. The van der Waals surface area contributed by atoms with Crippen LogP contribution in [-0.2, 0) is 9.53 Å². The number of benzene rings is 2. The molecule has 0 unspecified atom stereocenters. The topological polar surface area (TPSA) is 58.6 Å². The number of carbonyl (C=O) groups is 2. The van der Waals surface area contributed by atoms with Gasteiger partial charge in [-0.05, 0) is 61.4 Å². The van der Waals surface area contributed by atoms with E-state index in [1.54, 1.807) is 12.1 Å². The second kappa shape index (κ2) is 8.16. The summed E-state index contributed by atoms with van der Waals surface area (Å²) in [6.45, 7) is 3.56. The second-order valence-electron chi connectivity index (χ2n) is 5.91. The summed E-state index contributed by atoms with van der Waals surface area (Å²) in [4.78, 5) is 26.0. The van der Waals surface area contributed by atoms with Crippen molar-refractivity contribution in [1.82, 2.24) is 0 Å². The van der Waals surface area contributed by atoms with E-state index in [0.717, 1.165) is 21.3 Å². The average molecular weight is 405 g/mol. The standard InChI is InChI=1S/C19H21BrN2O3/c1-12-13(2)17(10-9-16(12)20)21-18(23)11-25-19(24)14-5-7-15(8-6-14)22(3)4/h5-10H,11H2,1-4H3,(H,21,23). The third-order valence-electron chi connectivity index (χ3n) is 3.95. The van der Waals surface area contributed by atoms with Gasteiger partial charge in [0.25, 0.3) is 5.91 Å². The molecule has 25 heavy (non-hydrogen) atoms. The zero-order chi connectivity index (χ0) is 18.6. The first kappa shape index (κ1) is 19.0. The van der Waals surface area contributed by atoms with E-state index in [4.69, 9.17) is 4.74 Å². The zero-order valence-electron chi connectivity index (χ0n) is 14.7. The smallest absolute Gasteiger partial charge is 0.338 e. The molecule has 2 aromatic rings. The number of esters is 1. The van der Waals surface area contributed by atoms with Crippen LogP contribution in [0.4, 0.5) is 11.4 Å². The number of halogens is 1. The Labute approximate surface area is 156 Å². The summed E-state index contributed by atoms with van der Waals surface area (Å²) in [5, 5.41) is 2.77. The number of nitrogens with one attached hydrogen (secondary N) is 1. The maximum Gasteiger partial charge on any atom is 0.338 e. The number of nitrogens with zero attached hydrogens (tertiary/aromatic N) is 1. The normalized spacial score (nSPS) is 10.3. The number of carbonyl (C=O) groups excluding carboxylic acids is 2. The van der Waals surface area contributed by atoms with Crippen LogP contribution in [0.25, 0.3) is 0 Å². The van der Waals surface area contributed by atoms with Crippen molar-refractivity contribution in [3.63, 3.8) is 0 Å². The largest absolute Gasteiger partial charge is 0.452 e. The fourth-order valence-corrected chi connectivity index (χ4v) is 2.65. The van der Waals surface area contributed by atoms with Crippen LogP contribution in [0, 0.1) is 13.8 Å². The van der Waals surface area contributed by atoms with Crippen LogP contribution < -0.4 is 10.2 Å². The number of ether oxygens (including phenoxy) is 1. The SMILES string of the molecule is Cc1c(Br)ccc(NC(=O)COC(=O)c2ccc(N(C)C)cc2)c1C. The lowest BCUT2D eigenvalue weighted by atomic mass is 10.1. The van der Waals surface area contributed by atoms with E-state index in [9.17, 15) is 9.59 Å². The Morgan fingerprint density at radius 2 is 1.68 bits per heavy atom. The van der Waals surface area contributed by atoms with Gasteiger partial charge in [0.15, 0.2) is 6.61 Å². The maximum absolute atomic E-state index is 12.0. The molecule has 0 spiro atoms. The number of hydrogen-bond acceptors (Lipinski definition) is 4. The molecule has 2 rings (SSSR count). The molecule has 0 saturated carbocycles. The molecular formula is C19H21BrN2O3. The number of amides is 1. The van der Waals surface area contributed by atoms with Crippen molar-refractivity contribution in [2.24, 2.45) is 0 Å². The van der Waals surface area contributed by atoms with Crippen molar-refractivity contribution < 1.29 is 14.3 Å². The van der Waals surface area contributed by atoms with Gasteiger partial charge in [-0.15, -0.1) is 0 Å². The van der Waals surface area contributed by atoms with Crippen LogP contribution >= 0.6 is 15.9 Å². The molecule has 1 amide bonds. The predicted molar refractivity (Wildman–Crippen MR) is 103 cm³/mol. The molecule has 5 nitrogen and oxygen atoms in total. The van der Waals surface area contributed by atoms with Gasteiger partial charge < -0.3 is 15.0 Å². The molecule has 0 aliphatic heterocycles. The molecule has 0 fully saturated rings. The summed E-state index contributed by atoms with van der Waals surface area (Å²) in [5.41, 5.74) is 4.12. The fourth-order valence-electron chi connectivity index (χ4n) is 2.22. The van der Waals surface area contributed by atoms with E-state index in [1.165, 1.54) is 0 Å². The Kier molecular flexibility index (Phi) is 6.20. The van der Waals surface area contributed by atoms with E-state index in [-0.39, 0.29) is 12.5 Å². The maximum atomic E-state index is 12.0. The van der Waals surface area contributed by atoms with E-state index in [2.05, 4.69) is 21.2 Å². The molecule has 1 N–H and O–H groups in total. The van der Waals surface area contributed by atoms with Crippen LogP contribution in [0.2, 0.25) is 0 Å². The third-order valence-corrected chi connectivity index (χ3v) is 4.81. The van der Waals surface area contributed by atoms with Crippen LogP contribution in [0.5, 0.6) is 0 Å². The Morgan fingerprint density at radius 3 is 2.28 bits per heavy atom. The summed E-state index contributed by atoms with van der Waals surface area (Å²) in [6.07, 6.45) is 0. The van der Waals surface area contributed by atoms with Gasteiger partial charge in [-0.25, -0.2) is 4.79 Å². The quantitative estimate of drug-likeness (QED) is 0.766. The monoisotopic (exact) mass is 404 g/mol. The second-order valence-corrected chi connectivity index (χ2v) is 6.76. The molecular weight excluding hydrogens is 384 g/mol. The molecule has 0 radical (unpaired) electrons. The first-order valence-electron chi connectivity index (χ1n) is 7.79. The van der Waals surface area contributed by atoms with E-state index in [0.29, 0.717) is 11.3 Å². The molecule has 2 aromatic carbocycles. The summed E-state index contributed by atoms with van der Waals surface area (Å²) < 4.78 is 6.06. The molecule has 0 aromatic heterocycles. The van der Waals surface area contributed by atoms with E-state index in [1.807, 2.05) is 57.1 Å². The summed E-state index contributed by atoms with van der Waals surface area (Å²) in [7, 11) is 3.84. The molecule has 0 saturated heterocycles. The van der Waals surface area contributed by atoms with Crippen LogP contribution in [0.15, 0.2) is 40.9 Å². The van der Waals surface area contributed by atoms with Gasteiger partial charge in [0, 0.05) is 29.9 Å². The fraction of sp³-hybridized carbons (Fsp3) is 0.263. The highest BCUT2D eigenvalue weighted by atomic mass is 79.9. The Bertz CT molecular complexity index is 786. The van der Waals surface area contributed by atoms with Gasteiger partial charge in [-0.2, -0.15) is 0 Å². The van der Waals surface area contributed by atoms with E-state index < -0.39 is 5.97 Å². The van der Waals surface area contributed by atoms with Crippen molar-refractivity contribution in [3.8, 4) is 0 Å². The predicted octanol–water partition coefficient (Wildman–Crippen LogP) is 3.93. The highest BCUT2D eigenvalue weighted by Gasteiger charge is 2.12. The van der Waals surface area contributed by atoms with Gasteiger partial charge in [0.2, 0.25) is 0 Å². The van der Waals surface area contributed by atoms with Crippen LogP contribution in [0.1, 0.15) is 21.5 Å². The Hall–Kier alpha value is -2.34. The van der Waals surface area contributed by atoms with Crippen molar-refractivity contribution in [2.75, 3.05) is 30.9 Å². The van der Waals surface area contributed by atoms with E-state index >= 15 is 0 Å². The van der Waals surface area contributed by atoms with Crippen molar-refractivity contribution >= 4 is 39.2 Å². The van der Waals surface area contributed by atoms with Gasteiger partial charge in [-0.3, -0.25) is 4.79 Å². The number of hydrogen-bond donors (Lipinski definition) is 1. The van der Waals surface area contributed by atoms with Gasteiger partial charge in [-0.1, -0.05) is 15.9 Å². The summed E-state index contributed by atoms with van der Waals surface area (Å²) in [5.74, 6) is -0.896. The van der Waals surface area contributed by atoms with Crippen molar-refractivity contribution in [2.45, 2.75) is 13.8 Å². The van der Waals surface area contributed by atoms with Crippen molar-refractivity contribution in [3.05, 3.63) is 57.6 Å². The molecule has 0 atom stereocenters. The summed E-state index contributed by atoms with van der Waals surface area (Å²) >= 11 is 3.45. The molecule has 0 bridgehead atoms. The lowest BCUT2D eigenvalue weighted by molar-refractivity contribution is -0.119. The Morgan fingerprint density at radius 1 is 1.04 bits per heavy atom. The molecule has 0 heterocycles. The minimum absolute atomic E-state index is 0.331. The zero-order valence-corrected chi connectivity index (χ0v) is 16.3. The third kappa shape index (κ3) is 4.82. The first-order chi connectivity index (χ1) is 11.8. The van der Waals surface area contributed by atoms with Crippen LogP contribution in [0.3, 0.4) is 0 Å².